The van der Waals surface area contributed by atoms with Crippen molar-refractivity contribution < 1.29 is 49.9 Å². The van der Waals surface area contributed by atoms with Gasteiger partial charge in [0.05, 0.1) is 40.7 Å². The van der Waals surface area contributed by atoms with Gasteiger partial charge in [0.1, 0.15) is 12.2 Å². The number of benzene rings is 1. The second-order valence-electron chi connectivity index (χ2n) is 9.79. The minimum atomic E-state index is -6.49. The van der Waals surface area contributed by atoms with Crippen LogP contribution in [0, 0.1) is 18.3 Å². The van der Waals surface area contributed by atoms with E-state index in [1.807, 2.05) is 6.07 Å². The third kappa shape index (κ3) is 7.05. The number of aromatic nitrogens is 7. The Labute approximate surface area is 274 Å². The molecular formula is C26H19ClF7N11O4. The highest BCUT2D eigenvalue weighted by atomic mass is 35.5. The topological polar surface area (TPSA) is 186 Å². The molecule has 0 aliphatic carbocycles. The molecule has 2 N–H and O–H groups in total. The number of alkyl halides is 7. The number of halogens is 8. The van der Waals surface area contributed by atoms with Crippen molar-refractivity contribution in [2.45, 2.75) is 31.5 Å². The van der Waals surface area contributed by atoms with Crippen LogP contribution < -0.4 is 10.7 Å². The quantitative estimate of drug-likeness (QED) is 0.209. The molecular weight excluding hydrogens is 699 g/mol. The van der Waals surface area contributed by atoms with Crippen LogP contribution in [-0.4, -0.2) is 84.4 Å². The van der Waals surface area contributed by atoms with E-state index in [1.165, 1.54) is 31.3 Å². The van der Waals surface area contributed by atoms with Crippen LogP contribution in [0.3, 0.4) is 0 Å². The number of carbonyl (C=O) groups excluding carboxylic acids is 3. The molecule has 0 unspecified atom stereocenters. The van der Waals surface area contributed by atoms with Gasteiger partial charge in [0.15, 0.2) is 5.82 Å². The van der Waals surface area contributed by atoms with Crippen LogP contribution >= 0.6 is 11.6 Å². The van der Waals surface area contributed by atoms with Gasteiger partial charge in [-0.3, -0.25) is 15.0 Å². The first-order valence-electron chi connectivity index (χ1n) is 13.1. The van der Waals surface area contributed by atoms with Crippen LogP contribution in [0.25, 0.3) is 5.82 Å². The van der Waals surface area contributed by atoms with Gasteiger partial charge in [0.2, 0.25) is 5.82 Å². The molecule has 0 aliphatic heterocycles. The van der Waals surface area contributed by atoms with Crippen LogP contribution in [0.4, 0.5) is 41.2 Å². The molecule has 15 nitrogen and oxygen atoms in total. The van der Waals surface area contributed by atoms with Crippen LogP contribution in [0.15, 0.2) is 36.5 Å². The fourth-order valence-electron chi connectivity index (χ4n) is 4.14. The van der Waals surface area contributed by atoms with Crippen molar-refractivity contribution in [3.05, 3.63) is 75.5 Å². The SMILES string of the molecule is COC(=O)N(C)NC(=O)c1cc(C#N)cc(C)c1NC(=O)c1cc(Cn2nnc(C(F)(C(F)(F)F)C(F)(F)F)n2)nn1-c1ncccc1Cl. The number of hydrogen-bond donors (Lipinski definition) is 2. The van der Waals surface area contributed by atoms with Crippen LogP contribution in [0.2, 0.25) is 5.02 Å². The van der Waals surface area contributed by atoms with Gasteiger partial charge in [-0.05, 0) is 48.0 Å². The van der Waals surface area contributed by atoms with Crippen LogP contribution in [-0.2, 0) is 17.0 Å². The van der Waals surface area contributed by atoms with Gasteiger partial charge in [-0.15, -0.1) is 10.2 Å². The highest BCUT2D eigenvalue weighted by Gasteiger charge is 2.76. The number of tetrazole rings is 1. The molecule has 0 bridgehead atoms. The lowest BCUT2D eigenvalue weighted by molar-refractivity contribution is -0.351. The predicted octanol–water partition coefficient (Wildman–Crippen LogP) is 4.02. The number of nitrogens with one attached hydrogen (secondary N) is 2. The number of amides is 3. The molecule has 0 spiro atoms. The number of carbonyl (C=O) groups is 3. The Morgan fingerprint density at radius 2 is 1.73 bits per heavy atom. The van der Waals surface area contributed by atoms with E-state index < -0.39 is 54.0 Å². The fraction of sp³-hybridized carbons (Fsp3) is 0.269. The summed E-state index contributed by atoms with van der Waals surface area (Å²) >= 11 is 6.24. The first kappa shape index (κ1) is 36.0. The fourth-order valence-corrected chi connectivity index (χ4v) is 4.34. The Morgan fingerprint density at radius 1 is 1.06 bits per heavy atom. The third-order valence-corrected chi connectivity index (χ3v) is 6.74. The minimum absolute atomic E-state index is 0.00186. The normalized spacial score (nSPS) is 11.9. The molecule has 4 rings (SSSR count). The first-order valence-corrected chi connectivity index (χ1v) is 13.5. The number of aryl methyl sites for hydroxylation is 1. The van der Waals surface area contributed by atoms with Gasteiger partial charge < -0.3 is 10.1 Å². The van der Waals surface area contributed by atoms with Crippen LogP contribution in [0.1, 0.15) is 43.5 Å². The second kappa shape index (κ2) is 13.3. The van der Waals surface area contributed by atoms with E-state index in [9.17, 15) is 50.4 Å². The molecule has 1 aromatic carbocycles. The highest BCUT2D eigenvalue weighted by molar-refractivity contribution is 6.32. The number of pyridine rings is 1. The summed E-state index contributed by atoms with van der Waals surface area (Å²) in [5, 5.41) is 25.3. The maximum atomic E-state index is 14.4. The average Bonchev–Trinajstić information content (AvgIpc) is 3.67. The standard InChI is InChI=1S/C26H19ClF7N11O4/c1-12-7-13(10-35)8-15(20(46)40-43(2)23(48)49-3)18(12)37-21(47)17-9-14(39-45(17)19-16(27)5-4-6-36-19)11-44-41-22(38-42-44)24(28,25(29,30)31)26(32,33)34/h4-9H,11H2,1-3H3,(H,37,47)(H,40,46). The summed E-state index contributed by atoms with van der Waals surface area (Å²) in [6.45, 7) is 0.607. The van der Waals surface area contributed by atoms with E-state index in [2.05, 4.69) is 41.0 Å². The number of hydrogen-bond acceptors (Lipinski definition) is 10. The molecule has 3 heterocycles. The van der Waals surface area contributed by atoms with Crippen molar-refractivity contribution in [2.24, 2.45) is 0 Å². The molecule has 0 saturated carbocycles. The van der Waals surface area contributed by atoms with E-state index in [0.717, 1.165) is 31.0 Å². The zero-order chi connectivity index (χ0) is 36.5. The maximum Gasteiger partial charge on any atom is 0.439 e. The maximum absolute atomic E-state index is 14.4. The second-order valence-corrected chi connectivity index (χ2v) is 10.2. The summed E-state index contributed by atoms with van der Waals surface area (Å²) in [6, 6.07) is 8.08. The molecule has 23 heteroatoms. The van der Waals surface area contributed by atoms with Crippen molar-refractivity contribution in [1.29, 1.82) is 5.26 Å². The van der Waals surface area contributed by atoms with Gasteiger partial charge in [-0.25, -0.2) is 23.9 Å². The van der Waals surface area contributed by atoms with E-state index in [4.69, 9.17) is 11.6 Å². The van der Waals surface area contributed by atoms with Crippen molar-refractivity contribution in [1.82, 2.24) is 45.4 Å². The zero-order valence-corrected chi connectivity index (χ0v) is 25.6. The van der Waals surface area contributed by atoms with Crippen molar-refractivity contribution in [2.75, 3.05) is 19.5 Å². The molecule has 0 fully saturated rings. The Balaban J connectivity index is 1.76. The van der Waals surface area contributed by atoms with Gasteiger partial charge in [-0.2, -0.15) is 41.5 Å². The Morgan fingerprint density at radius 3 is 2.33 bits per heavy atom. The molecule has 0 atom stereocenters. The smallest absolute Gasteiger partial charge is 0.439 e. The molecule has 0 radical (unpaired) electrons. The van der Waals surface area contributed by atoms with Crippen LogP contribution in [0.5, 0.6) is 0 Å². The van der Waals surface area contributed by atoms with E-state index in [1.54, 1.807) is 0 Å². The number of hydrazine groups is 1. The number of nitrogens with zero attached hydrogens (tertiary/aromatic N) is 9. The zero-order valence-electron chi connectivity index (χ0n) is 24.9. The monoisotopic (exact) mass is 717 g/mol. The number of ether oxygens (including phenoxy) is 1. The average molecular weight is 718 g/mol. The summed E-state index contributed by atoms with van der Waals surface area (Å²) in [5.74, 6) is -4.48. The van der Waals surface area contributed by atoms with Gasteiger partial charge >= 0.3 is 24.1 Å². The number of rotatable bonds is 7. The molecule has 3 amide bonds. The lowest BCUT2D eigenvalue weighted by Gasteiger charge is -2.26. The Kier molecular flexibility index (Phi) is 9.80. The number of methoxy groups -OCH3 is 1. The van der Waals surface area contributed by atoms with Crippen molar-refractivity contribution in [3.63, 3.8) is 0 Å². The summed E-state index contributed by atoms with van der Waals surface area (Å²) in [7, 11) is 2.21. The van der Waals surface area contributed by atoms with Gasteiger partial charge in [0, 0.05) is 13.2 Å². The molecule has 49 heavy (non-hydrogen) atoms. The van der Waals surface area contributed by atoms with Gasteiger partial charge in [-0.1, -0.05) is 11.6 Å². The Bertz CT molecular complexity index is 1960. The van der Waals surface area contributed by atoms with Crippen molar-refractivity contribution in [3.8, 4) is 11.9 Å². The van der Waals surface area contributed by atoms with E-state index in [0.29, 0.717) is 5.01 Å². The number of anilines is 1. The summed E-state index contributed by atoms with van der Waals surface area (Å²) in [5.41, 5.74) is -4.66. The molecule has 0 aliphatic rings. The molecule has 0 saturated heterocycles. The molecule has 3 aromatic heterocycles. The van der Waals surface area contributed by atoms with E-state index >= 15 is 0 Å². The molecule has 4 aromatic rings. The van der Waals surface area contributed by atoms with Crippen molar-refractivity contribution >= 4 is 35.2 Å². The lowest BCUT2D eigenvalue weighted by atomic mass is 10.0. The lowest BCUT2D eigenvalue weighted by Crippen LogP contribution is -2.51. The summed E-state index contributed by atoms with van der Waals surface area (Å²) in [4.78, 5) is 42.9. The molecule has 258 valence electrons. The summed E-state index contributed by atoms with van der Waals surface area (Å²) < 4.78 is 98.9. The minimum Gasteiger partial charge on any atom is -0.452 e. The highest BCUT2D eigenvalue weighted by Crippen LogP contribution is 2.51. The number of nitriles is 1. The third-order valence-electron chi connectivity index (χ3n) is 6.44. The van der Waals surface area contributed by atoms with Gasteiger partial charge in [0.25, 0.3) is 11.8 Å². The summed E-state index contributed by atoms with van der Waals surface area (Å²) in [6.07, 6.45) is -12.7. The van der Waals surface area contributed by atoms with E-state index in [-0.39, 0.29) is 43.7 Å². The predicted molar refractivity (Wildman–Crippen MR) is 150 cm³/mol. The Hall–Kier alpha value is -5.85. The largest absolute Gasteiger partial charge is 0.452 e. The first-order chi connectivity index (χ1) is 22.8.